The summed E-state index contributed by atoms with van der Waals surface area (Å²) in [6.07, 6.45) is 0.733. The quantitative estimate of drug-likeness (QED) is 0.723. The van der Waals surface area contributed by atoms with Crippen LogP contribution in [0.3, 0.4) is 0 Å². The molecule has 6 heteroatoms. The first-order valence-corrected chi connectivity index (χ1v) is 8.80. The van der Waals surface area contributed by atoms with Crippen LogP contribution in [-0.2, 0) is 19.4 Å². The zero-order valence-electron chi connectivity index (χ0n) is 11.9. The van der Waals surface area contributed by atoms with Crippen molar-refractivity contribution in [3.8, 4) is 0 Å². The van der Waals surface area contributed by atoms with Gasteiger partial charge in [0.25, 0.3) is 0 Å². The number of aromatic nitrogens is 2. The number of rotatable bonds is 5. The Balaban J connectivity index is 2.30. The van der Waals surface area contributed by atoms with Gasteiger partial charge in [-0.2, -0.15) is 5.10 Å². The average molecular weight is 437 g/mol. The van der Waals surface area contributed by atoms with Crippen LogP contribution < -0.4 is 0 Å². The van der Waals surface area contributed by atoms with Gasteiger partial charge in [-0.25, -0.2) is 0 Å². The summed E-state index contributed by atoms with van der Waals surface area (Å²) in [6.45, 7) is 4.89. The molecule has 0 saturated heterocycles. The minimum absolute atomic E-state index is 0.494. The summed E-state index contributed by atoms with van der Waals surface area (Å²) >= 11 is 13.1. The maximum atomic E-state index is 10.5. The van der Waals surface area contributed by atoms with Gasteiger partial charge in [0.1, 0.15) is 0 Å². The lowest BCUT2D eigenvalue weighted by atomic mass is 10.0. The van der Waals surface area contributed by atoms with E-state index < -0.39 is 6.10 Å². The lowest BCUT2D eigenvalue weighted by Crippen LogP contribution is -2.09. The molecule has 1 atom stereocenters. The SMILES string of the molecule is CCc1nn(CC)c(CC(O)c2cc(Cl)cc(Br)c2)c1Br. The van der Waals surface area contributed by atoms with Crippen molar-refractivity contribution in [1.29, 1.82) is 0 Å². The number of halogens is 3. The molecule has 114 valence electrons. The van der Waals surface area contributed by atoms with Gasteiger partial charge in [-0.05, 0) is 53.0 Å². The predicted octanol–water partition coefficient (Wildman–Crippen LogP) is 4.92. The molecule has 3 nitrogen and oxygen atoms in total. The molecule has 1 aromatic carbocycles. The van der Waals surface area contributed by atoms with Gasteiger partial charge < -0.3 is 5.11 Å². The lowest BCUT2D eigenvalue weighted by molar-refractivity contribution is 0.175. The molecule has 0 saturated carbocycles. The summed E-state index contributed by atoms with van der Waals surface area (Å²) < 4.78 is 3.79. The summed E-state index contributed by atoms with van der Waals surface area (Å²) in [5.41, 5.74) is 2.83. The van der Waals surface area contributed by atoms with Gasteiger partial charge in [0.2, 0.25) is 0 Å². The van der Waals surface area contributed by atoms with Crippen molar-refractivity contribution >= 4 is 43.5 Å². The van der Waals surface area contributed by atoms with Crippen LogP contribution >= 0.6 is 43.5 Å². The Hall–Kier alpha value is -0.360. The van der Waals surface area contributed by atoms with E-state index in [9.17, 15) is 5.11 Å². The van der Waals surface area contributed by atoms with Crippen LogP contribution in [0.2, 0.25) is 5.02 Å². The number of benzene rings is 1. The fourth-order valence-electron chi connectivity index (χ4n) is 2.28. The molecule has 21 heavy (non-hydrogen) atoms. The monoisotopic (exact) mass is 434 g/mol. The number of aliphatic hydroxyl groups excluding tert-OH is 1. The van der Waals surface area contributed by atoms with Crippen molar-refractivity contribution in [2.45, 2.75) is 39.3 Å². The molecule has 0 aliphatic rings. The van der Waals surface area contributed by atoms with E-state index in [1.807, 2.05) is 17.7 Å². The molecule has 0 amide bonds. The third-order valence-electron chi connectivity index (χ3n) is 3.35. The van der Waals surface area contributed by atoms with Crippen LogP contribution in [0.15, 0.2) is 27.1 Å². The van der Waals surface area contributed by atoms with E-state index in [-0.39, 0.29) is 0 Å². The second-order valence-corrected chi connectivity index (χ2v) is 6.94. The highest BCUT2D eigenvalue weighted by Gasteiger charge is 2.18. The molecule has 1 unspecified atom stereocenters. The Morgan fingerprint density at radius 1 is 1.29 bits per heavy atom. The normalized spacial score (nSPS) is 12.7. The van der Waals surface area contributed by atoms with E-state index in [1.165, 1.54) is 0 Å². The minimum atomic E-state index is -0.622. The van der Waals surface area contributed by atoms with Gasteiger partial charge in [-0.1, -0.05) is 34.5 Å². The van der Waals surface area contributed by atoms with Crippen LogP contribution in [-0.4, -0.2) is 14.9 Å². The highest BCUT2D eigenvalue weighted by atomic mass is 79.9. The van der Waals surface area contributed by atoms with Crippen LogP contribution in [0.1, 0.15) is 36.9 Å². The number of hydrogen-bond acceptors (Lipinski definition) is 2. The second kappa shape index (κ2) is 7.27. The highest BCUT2D eigenvalue weighted by molar-refractivity contribution is 9.10. The summed E-state index contributed by atoms with van der Waals surface area (Å²) in [7, 11) is 0. The van der Waals surface area contributed by atoms with Crippen molar-refractivity contribution in [2.24, 2.45) is 0 Å². The van der Waals surface area contributed by atoms with Gasteiger partial charge in [0.15, 0.2) is 0 Å². The largest absolute Gasteiger partial charge is 0.388 e. The Morgan fingerprint density at radius 3 is 2.57 bits per heavy atom. The molecule has 1 aromatic heterocycles. The van der Waals surface area contributed by atoms with Crippen molar-refractivity contribution < 1.29 is 5.11 Å². The molecule has 0 aliphatic carbocycles. The van der Waals surface area contributed by atoms with E-state index in [2.05, 4.69) is 43.9 Å². The van der Waals surface area contributed by atoms with E-state index in [4.69, 9.17) is 11.6 Å². The van der Waals surface area contributed by atoms with Crippen LogP contribution in [0, 0.1) is 0 Å². The molecule has 1 N–H and O–H groups in total. The van der Waals surface area contributed by atoms with E-state index in [0.29, 0.717) is 11.4 Å². The molecule has 1 heterocycles. The summed E-state index contributed by atoms with van der Waals surface area (Å²) in [6, 6.07) is 5.48. The zero-order valence-corrected chi connectivity index (χ0v) is 15.8. The van der Waals surface area contributed by atoms with Gasteiger partial charge in [-0.15, -0.1) is 0 Å². The molecule has 0 fully saturated rings. The zero-order chi connectivity index (χ0) is 15.6. The van der Waals surface area contributed by atoms with Crippen molar-refractivity contribution in [1.82, 2.24) is 9.78 Å². The molecule has 0 spiro atoms. The van der Waals surface area contributed by atoms with Crippen molar-refractivity contribution in [3.05, 3.63) is 49.1 Å². The lowest BCUT2D eigenvalue weighted by Gasteiger charge is -2.13. The molecule has 2 aromatic rings. The predicted molar refractivity (Wildman–Crippen MR) is 92.8 cm³/mol. The maximum Gasteiger partial charge on any atom is 0.0846 e. The Kier molecular flexibility index (Phi) is 5.88. The molecule has 0 radical (unpaired) electrons. The summed E-state index contributed by atoms with van der Waals surface area (Å²) in [5.74, 6) is 0. The Labute approximate surface area is 146 Å². The third kappa shape index (κ3) is 3.89. The number of aliphatic hydroxyl groups is 1. The smallest absolute Gasteiger partial charge is 0.0846 e. The highest BCUT2D eigenvalue weighted by Crippen LogP contribution is 2.29. The first-order chi connectivity index (χ1) is 9.96. The number of nitrogens with zero attached hydrogens (tertiary/aromatic N) is 2. The van der Waals surface area contributed by atoms with E-state index in [1.54, 1.807) is 12.1 Å². The van der Waals surface area contributed by atoms with Crippen LogP contribution in [0.4, 0.5) is 0 Å². The van der Waals surface area contributed by atoms with E-state index >= 15 is 0 Å². The third-order valence-corrected chi connectivity index (χ3v) is 4.94. The maximum absolute atomic E-state index is 10.5. The molecular formula is C15H17Br2ClN2O. The van der Waals surface area contributed by atoms with Gasteiger partial charge in [-0.3, -0.25) is 4.68 Å². The van der Waals surface area contributed by atoms with Crippen LogP contribution in [0.25, 0.3) is 0 Å². The van der Waals surface area contributed by atoms with Crippen LogP contribution in [0.5, 0.6) is 0 Å². The summed E-state index contributed by atoms with van der Waals surface area (Å²) in [5, 5.41) is 15.7. The fourth-order valence-corrected chi connectivity index (χ4v) is 3.89. The molecular weight excluding hydrogens is 419 g/mol. The fraction of sp³-hybridized carbons (Fsp3) is 0.400. The number of aryl methyl sites for hydroxylation is 2. The standard InChI is InChI=1S/C15H17Br2ClN2O/c1-3-12-15(17)13(20(4-2)19-12)8-14(21)9-5-10(16)7-11(18)6-9/h5-7,14,21H,3-4,8H2,1-2H3. The Bertz CT molecular complexity index is 623. The number of hydrogen-bond donors (Lipinski definition) is 1. The molecule has 2 rings (SSSR count). The minimum Gasteiger partial charge on any atom is -0.388 e. The summed E-state index contributed by atoms with van der Waals surface area (Å²) in [4.78, 5) is 0. The van der Waals surface area contributed by atoms with Gasteiger partial charge in [0.05, 0.1) is 22.0 Å². The van der Waals surface area contributed by atoms with E-state index in [0.717, 1.165) is 38.9 Å². The Morgan fingerprint density at radius 2 is 2.00 bits per heavy atom. The second-order valence-electron chi connectivity index (χ2n) is 4.80. The van der Waals surface area contributed by atoms with Gasteiger partial charge in [0, 0.05) is 22.5 Å². The first kappa shape index (κ1) is 17.0. The first-order valence-electron chi connectivity index (χ1n) is 6.84. The molecule has 0 aliphatic heterocycles. The molecule has 0 bridgehead atoms. The van der Waals surface area contributed by atoms with Crippen molar-refractivity contribution in [2.75, 3.05) is 0 Å². The van der Waals surface area contributed by atoms with Gasteiger partial charge >= 0.3 is 0 Å². The van der Waals surface area contributed by atoms with Crippen molar-refractivity contribution in [3.63, 3.8) is 0 Å². The average Bonchev–Trinajstić information content (AvgIpc) is 2.74. The topological polar surface area (TPSA) is 38.0 Å².